The number of halogens is 1. The molecule has 0 spiro atoms. The van der Waals surface area contributed by atoms with Crippen LogP contribution >= 0.6 is 0 Å². The average Bonchev–Trinajstić information content (AvgIpc) is 2.45. The lowest BCUT2D eigenvalue weighted by molar-refractivity contribution is 0.129. The van der Waals surface area contributed by atoms with Crippen LogP contribution in [0.5, 0.6) is 0 Å². The smallest absolute Gasteiger partial charge is 0.128 e. The molecule has 1 unspecified atom stereocenters. The molecular formula is C17H27FN2. The summed E-state index contributed by atoms with van der Waals surface area (Å²) in [5, 5.41) is 0. The quantitative estimate of drug-likeness (QED) is 0.891. The Morgan fingerprint density at radius 2 is 2.05 bits per heavy atom. The first kappa shape index (κ1) is 15.5. The molecule has 1 aliphatic heterocycles. The zero-order chi connectivity index (χ0) is 14.5. The van der Waals surface area contributed by atoms with E-state index >= 15 is 0 Å². The number of hydrogen-bond donors (Lipinski definition) is 1. The molecule has 2 rings (SSSR count). The van der Waals surface area contributed by atoms with Gasteiger partial charge in [0.15, 0.2) is 0 Å². The summed E-state index contributed by atoms with van der Waals surface area (Å²) in [6.07, 6.45) is 5.02. The molecule has 3 heteroatoms. The molecule has 20 heavy (non-hydrogen) atoms. The maximum Gasteiger partial charge on any atom is 0.128 e. The summed E-state index contributed by atoms with van der Waals surface area (Å²) in [4.78, 5) is 2.37. The first-order valence-corrected chi connectivity index (χ1v) is 7.85. The zero-order valence-electron chi connectivity index (χ0n) is 12.7. The molecule has 1 aromatic rings. The summed E-state index contributed by atoms with van der Waals surface area (Å²) in [5.41, 5.74) is 7.80. The Balaban J connectivity index is 2.07. The Morgan fingerprint density at radius 3 is 2.65 bits per heavy atom. The van der Waals surface area contributed by atoms with Gasteiger partial charge in [0.1, 0.15) is 5.82 Å². The minimum absolute atomic E-state index is 0.0254. The van der Waals surface area contributed by atoms with E-state index in [9.17, 15) is 4.39 Å². The van der Waals surface area contributed by atoms with Gasteiger partial charge in [-0.3, -0.25) is 4.90 Å². The lowest BCUT2D eigenvalue weighted by Crippen LogP contribution is -2.40. The molecule has 2 nitrogen and oxygen atoms in total. The Morgan fingerprint density at radius 1 is 1.35 bits per heavy atom. The third kappa shape index (κ3) is 3.58. The number of benzene rings is 1. The second-order valence-electron chi connectivity index (χ2n) is 6.04. The van der Waals surface area contributed by atoms with Crippen molar-refractivity contribution >= 4 is 0 Å². The van der Waals surface area contributed by atoms with Gasteiger partial charge in [-0.2, -0.15) is 0 Å². The molecule has 1 heterocycles. The summed E-state index contributed by atoms with van der Waals surface area (Å²) < 4.78 is 14.1. The highest BCUT2D eigenvalue weighted by atomic mass is 19.1. The zero-order valence-corrected chi connectivity index (χ0v) is 12.7. The molecule has 1 fully saturated rings. The van der Waals surface area contributed by atoms with Crippen molar-refractivity contribution in [3.8, 4) is 0 Å². The van der Waals surface area contributed by atoms with Gasteiger partial charge >= 0.3 is 0 Å². The van der Waals surface area contributed by atoms with Gasteiger partial charge in [-0.15, -0.1) is 0 Å². The minimum Gasteiger partial charge on any atom is -0.329 e. The van der Waals surface area contributed by atoms with Gasteiger partial charge in [0, 0.05) is 18.2 Å². The average molecular weight is 278 g/mol. The van der Waals surface area contributed by atoms with Crippen LogP contribution < -0.4 is 5.73 Å². The van der Waals surface area contributed by atoms with Crippen LogP contribution in [0.3, 0.4) is 0 Å². The van der Waals surface area contributed by atoms with Crippen LogP contribution in [0.4, 0.5) is 4.39 Å². The molecule has 1 atom stereocenters. The number of rotatable bonds is 5. The number of nitrogens with zero attached hydrogens (tertiary/aromatic N) is 1. The highest BCUT2D eigenvalue weighted by Gasteiger charge is 2.26. The molecule has 112 valence electrons. The number of likely N-dealkylation sites (tertiary alicyclic amines) is 1. The van der Waals surface area contributed by atoms with Crippen molar-refractivity contribution in [3.05, 3.63) is 35.1 Å². The SMILES string of the molecule is CCCC1CCN(C(CN)c2cc(C)ccc2F)CC1. The Labute approximate surface area is 122 Å². The highest BCUT2D eigenvalue weighted by Crippen LogP contribution is 2.29. The van der Waals surface area contributed by atoms with E-state index in [2.05, 4.69) is 11.8 Å². The first-order chi connectivity index (χ1) is 9.65. The lowest BCUT2D eigenvalue weighted by Gasteiger charge is -2.37. The normalized spacial score (nSPS) is 19.2. The summed E-state index contributed by atoms with van der Waals surface area (Å²) in [6.45, 7) is 6.82. The van der Waals surface area contributed by atoms with Crippen molar-refractivity contribution in [2.45, 2.75) is 45.6 Å². The number of piperidine rings is 1. The topological polar surface area (TPSA) is 29.3 Å². The molecule has 1 aliphatic rings. The standard InChI is InChI=1S/C17H27FN2/c1-3-4-14-7-9-20(10-8-14)17(12-19)15-11-13(2)5-6-16(15)18/h5-6,11,14,17H,3-4,7-10,12,19H2,1-2H3. The van der Waals surface area contributed by atoms with Gasteiger partial charge in [-0.1, -0.05) is 37.5 Å². The van der Waals surface area contributed by atoms with E-state index in [-0.39, 0.29) is 11.9 Å². The van der Waals surface area contributed by atoms with Gasteiger partial charge in [-0.05, 0) is 44.8 Å². The summed E-state index contributed by atoms with van der Waals surface area (Å²) in [5.74, 6) is 0.721. The van der Waals surface area contributed by atoms with Crippen molar-refractivity contribution < 1.29 is 4.39 Å². The van der Waals surface area contributed by atoms with Gasteiger partial charge in [0.05, 0.1) is 0 Å². The van der Waals surface area contributed by atoms with Crippen molar-refractivity contribution in [3.63, 3.8) is 0 Å². The molecule has 1 aromatic carbocycles. The molecule has 0 amide bonds. The predicted molar refractivity (Wildman–Crippen MR) is 82.1 cm³/mol. The van der Waals surface area contributed by atoms with Crippen LogP contribution in [0.15, 0.2) is 18.2 Å². The maximum atomic E-state index is 14.1. The predicted octanol–water partition coefficient (Wildman–Crippen LogP) is 3.65. The van der Waals surface area contributed by atoms with Crippen molar-refractivity contribution in [1.29, 1.82) is 0 Å². The summed E-state index contributed by atoms with van der Waals surface area (Å²) >= 11 is 0. The highest BCUT2D eigenvalue weighted by molar-refractivity contribution is 5.27. The van der Waals surface area contributed by atoms with Crippen LogP contribution in [0.1, 0.15) is 49.8 Å². The van der Waals surface area contributed by atoms with Crippen molar-refractivity contribution in [1.82, 2.24) is 4.90 Å². The summed E-state index contributed by atoms with van der Waals surface area (Å²) in [7, 11) is 0. The molecule has 2 N–H and O–H groups in total. The number of aryl methyl sites for hydroxylation is 1. The van der Waals surface area contributed by atoms with Crippen molar-refractivity contribution in [2.75, 3.05) is 19.6 Å². The monoisotopic (exact) mass is 278 g/mol. The fourth-order valence-electron chi connectivity index (χ4n) is 3.35. The largest absolute Gasteiger partial charge is 0.329 e. The number of hydrogen-bond acceptors (Lipinski definition) is 2. The Hall–Kier alpha value is -0.930. The molecule has 1 saturated heterocycles. The molecule has 0 aromatic heterocycles. The molecule has 0 saturated carbocycles. The first-order valence-electron chi connectivity index (χ1n) is 7.85. The second kappa shape index (κ2) is 7.19. The van der Waals surface area contributed by atoms with E-state index < -0.39 is 0 Å². The Bertz CT molecular complexity index is 425. The number of nitrogens with two attached hydrogens (primary N) is 1. The fraction of sp³-hybridized carbons (Fsp3) is 0.647. The van der Waals surface area contributed by atoms with Crippen LogP contribution in [0, 0.1) is 18.7 Å². The van der Waals surface area contributed by atoms with Gasteiger partial charge in [0.2, 0.25) is 0 Å². The molecule has 0 radical (unpaired) electrons. The molecule has 0 aliphatic carbocycles. The van der Waals surface area contributed by atoms with Crippen LogP contribution in [-0.4, -0.2) is 24.5 Å². The van der Waals surface area contributed by atoms with E-state index in [1.54, 1.807) is 6.07 Å². The minimum atomic E-state index is -0.123. The fourth-order valence-corrected chi connectivity index (χ4v) is 3.35. The van der Waals surface area contributed by atoms with Crippen LogP contribution in [0.2, 0.25) is 0 Å². The Kier molecular flexibility index (Phi) is 5.55. The van der Waals surface area contributed by atoms with E-state index in [1.807, 2.05) is 19.1 Å². The second-order valence-corrected chi connectivity index (χ2v) is 6.04. The van der Waals surface area contributed by atoms with E-state index in [4.69, 9.17) is 5.73 Å². The van der Waals surface area contributed by atoms with E-state index in [0.29, 0.717) is 6.54 Å². The van der Waals surface area contributed by atoms with Crippen LogP contribution in [-0.2, 0) is 0 Å². The van der Waals surface area contributed by atoms with Gasteiger partial charge in [0.25, 0.3) is 0 Å². The van der Waals surface area contributed by atoms with Gasteiger partial charge < -0.3 is 5.73 Å². The lowest BCUT2D eigenvalue weighted by atomic mass is 9.90. The molecule has 0 bridgehead atoms. The molecular weight excluding hydrogens is 251 g/mol. The third-order valence-corrected chi connectivity index (χ3v) is 4.52. The van der Waals surface area contributed by atoms with Crippen LogP contribution in [0.25, 0.3) is 0 Å². The van der Waals surface area contributed by atoms with Gasteiger partial charge in [-0.25, -0.2) is 4.39 Å². The van der Waals surface area contributed by atoms with E-state index in [1.165, 1.54) is 25.7 Å². The maximum absolute atomic E-state index is 14.1. The third-order valence-electron chi connectivity index (χ3n) is 4.52. The van der Waals surface area contributed by atoms with Crippen molar-refractivity contribution in [2.24, 2.45) is 11.7 Å². The van der Waals surface area contributed by atoms with E-state index in [0.717, 1.165) is 30.1 Å². The summed E-state index contributed by atoms with van der Waals surface area (Å²) in [6, 6.07) is 5.36.